The number of para-hydroxylation sites is 1. The third-order valence-electron chi connectivity index (χ3n) is 2.13. The predicted octanol–water partition coefficient (Wildman–Crippen LogP) is 4.13. The summed E-state index contributed by atoms with van der Waals surface area (Å²) in [5.74, 6) is 0. The van der Waals surface area contributed by atoms with Crippen LogP contribution in [-0.2, 0) is 0 Å². The predicted molar refractivity (Wildman–Crippen MR) is 67.6 cm³/mol. The van der Waals surface area contributed by atoms with Crippen LogP contribution in [0.3, 0.4) is 0 Å². The summed E-state index contributed by atoms with van der Waals surface area (Å²) in [5, 5.41) is 12.0. The average molecular weight is 263 g/mol. The number of anilines is 1. The SMILES string of the molecule is CC.CCCNc1ccccc1C(O)C(F)(F)F. The molecule has 0 saturated heterocycles. The van der Waals surface area contributed by atoms with E-state index in [1.165, 1.54) is 18.2 Å². The van der Waals surface area contributed by atoms with E-state index in [0.717, 1.165) is 6.42 Å². The van der Waals surface area contributed by atoms with Gasteiger partial charge in [0, 0.05) is 17.8 Å². The maximum atomic E-state index is 12.4. The molecule has 0 aliphatic carbocycles. The second kappa shape index (κ2) is 7.97. The lowest BCUT2D eigenvalue weighted by molar-refractivity contribution is -0.206. The Labute approximate surface area is 106 Å². The molecule has 1 unspecified atom stereocenters. The summed E-state index contributed by atoms with van der Waals surface area (Å²) in [6.45, 7) is 6.48. The number of benzene rings is 1. The van der Waals surface area contributed by atoms with Crippen LogP contribution in [0.1, 0.15) is 38.9 Å². The van der Waals surface area contributed by atoms with E-state index < -0.39 is 12.3 Å². The second-order valence-corrected chi connectivity index (χ2v) is 3.46. The largest absolute Gasteiger partial charge is 0.418 e. The standard InChI is InChI=1S/C11H14F3NO.C2H6/c1-2-7-15-9-6-4-3-5-8(9)10(16)11(12,13)14;1-2/h3-6,10,15-16H,2,7H2,1H3;1-2H3. The molecule has 0 aliphatic heterocycles. The lowest BCUT2D eigenvalue weighted by Gasteiger charge is -2.18. The van der Waals surface area contributed by atoms with Gasteiger partial charge < -0.3 is 10.4 Å². The molecule has 0 saturated carbocycles. The fourth-order valence-electron chi connectivity index (χ4n) is 1.33. The van der Waals surface area contributed by atoms with Crippen LogP contribution in [0.15, 0.2) is 24.3 Å². The van der Waals surface area contributed by atoms with Crippen molar-refractivity contribution in [1.82, 2.24) is 0 Å². The molecule has 0 fully saturated rings. The first-order valence-corrected chi connectivity index (χ1v) is 6.04. The molecule has 0 radical (unpaired) electrons. The van der Waals surface area contributed by atoms with Crippen LogP contribution in [0.25, 0.3) is 0 Å². The fourth-order valence-corrected chi connectivity index (χ4v) is 1.33. The van der Waals surface area contributed by atoms with Gasteiger partial charge in [0.25, 0.3) is 0 Å². The summed E-state index contributed by atoms with van der Waals surface area (Å²) in [4.78, 5) is 0. The first-order chi connectivity index (χ1) is 8.46. The summed E-state index contributed by atoms with van der Waals surface area (Å²) >= 11 is 0. The Morgan fingerprint density at radius 3 is 2.28 bits per heavy atom. The molecule has 1 aromatic rings. The molecular weight excluding hydrogens is 243 g/mol. The maximum Gasteiger partial charge on any atom is 0.418 e. The van der Waals surface area contributed by atoms with E-state index in [0.29, 0.717) is 12.2 Å². The van der Waals surface area contributed by atoms with Crippen molar-refractivity contribution in [2.45, 2.75) is 39.5 Å². The van der Waals surface area contributed by atoms with Gasteiger partial charge in [-0.3, -0.25) is 0 Å². The van der Waals surface area contributed by atoms with Gasteiger partial charge in [0.2, 0.25) is 0 Å². The maximum absolute atomic E-state index is 12.4. The molecule has 1 aromatic carbocycles. The van der Waals surface area contributed by atoms with Crippen molar-refractivity contribution in [2.24, 2.45) is 0 Å². The van der Waals surface area contributed by atoms with Gasteiger partial charge >= 0.3 is 6.18 Å². The van der Waals surface area contributed by atoms with Gasteiger partial charge in [0.05, 0.1) is 0 Å². The van der Waals surface area contributed by atoms with Crippen molar-refractivity contribution in [1.29, 1.82) is 0 Å². The van der Waals surface area contributed by atoms with Crippen molar-refractivity contribution in [3.63, 3.8) is 0 Å². The molecule has 2 N–H and O–H groups in total. The molecule has 104 valence electrons. The molecule has 0 heterocycles. The van der Waals surface area contributed by atoms with Crippen molar-refractivity contribution >= 4 is 5.69 Å². The Morgan fingerprint density at radius 2 is 1.78 bits per heavy atom. The fraction of sp³-hybridized carbons (Fsp3) is 0.538. The zero-order chi connectivity index (χ0) is 14.2. The molecule has 0 aliphatic rings. The van der Waals surface area contributed by atoms with E-state index >= 15 is 0 Å². The Morgan fingerprint density at radius 1 is 1.22 bits per heavy atom. The summed E-state index contributed by atoms with van der Waals surface area (Å²) in [6, 6.07) is 5.90. The van der Waals surface area contributed by atoms with E-state index in [9.17, 15) is 18.3 Å². The van der Waals surface area contributed by atoms with Gasteiger partial charge in [-0.2, -0.15) is 13.2 Å². The normalized spacial score (nSPS) is 12.4. The van der Waals surface area contributed by atoms with Gasteiger partial charge in [-0.25, -0.2) is 0 Å². The summed E-state index contributed by atoms with van der Waals surface area (Å²) in [5.41, 5.74) is 0.192. The molecule has 0 amide bonds. The highest BCUT2D eigenvalue weighted by atomic mass is 19.4. The Hall–Kier alpha value is -1.23. The summed E-state index contributed by atoms with van der Waals surface area (Å²) in [7, 11) is 0. The van der Waals surface area contributed by atoms with E-state index in [1.807, 2.05) is 20.8 Å². The first kappa shape index (κ1) is 16.8. The van der Waals surface area contributed by atoms with Crippen LogP contribution in [-0.4, -0.2) is 17.8 Å². The van der Waals surface area contributed by atoms with E-state index in [2.05, 4.69) is 5.32 Å². The minimum Gasteiger partial charge on any atom is -0.385 e. The highest BCUT2D eigenvalue weighted by molar-refractivity contribution is 5.52. The van der Waals surface area contributed by atoms with Crippen LogP contribution in [0.4, 0.5) is 18.9 Å². The van der Waals surface area contributed by atoms with E-state index in [1.54, 1.807) is 6.07 Å². The molecule has 0 spiro atoms. The van der Waals surface area contributed by atoms with Crippen LogP contribution in [0.5, 0.6) is 0 Å². The molecule has 1 rings (SSSR count). The van der Waals surface area contributed by atoms with Crippen molar-refractivity contribution in [2.75, 3.05) is 11.9 Å². The number of hydrogen-bond donors (Lipinski definition) is 2. The second-order valence-electron chi connectivity index (χ2n) is 3.46. The number of aliphatic hydroxyl groups is 1. The average Bonchev–Trinajstić information content (AvgIpc) is 2.37. The highest BCUT2D eigenvalue weighted by Crippen LogP contribution is 2.35. The molecule has 1 atom stereocenters. The minimum absolute atomic E-state index is 0.136. The molecule has 2 nitrogen and oxygen atoms in total. The minimum atomic E-state index is -4.63. The van der Waals surface area contributed by atoms with Crippen LogP contribution in [0.2, 0.25) is 0 Å². The first-order valence-electron chi connectivity index (χ1n) is 6.04. The van der Waals surface area contributed by atoms with Gasteiger partial charge in [0.15, 0.2) is 6.10 Å². The molecule has 0 aromatic heterocycles. The zero-order valence-electron chi connectivity index (χ0n) is 10.9. The summed E-state index contributed by atoms with van der Waals surface area (Å²) in [6.07, 6.45) is -6.27. The Kier molecular flexibility index (Phi) is 7.43. The Bertz CT molecular complexity index is 339. The van der Waals surface area contributed by atoms with Crippen molar-refractivity contribution in [3.8, 4) is 0 Å². The topological polar surface area (TPSA) is 32.3 Å². The summed E-state index contributed by atoms with van der Waals surface area (Å²) < 4.78 is 37.1. The molecule has 18 heavy (non-hydrogen) atoms. The van der Waals surface area contributed by atoms with Gasteiger partial charge in [-0.1, -0.05) is 39.0 Å². The lowest BCUT2D eigenvalue weighted by atomic mass is 10.1. The molecular formula is C13H20F3NO. The van der Waals surface area contributed by atoms with Gasteiger partial charge in [-0.05, 0) is 12.5 Å². The van der Waals surface area contributed by atoms with Crippen molar-refractivity contribution < 1.29 is 18.3 Å². The third-order valence-corrected chi connectivity index (χ3v) is 2.13. The number of alkyl halides is 3. The quantitative estimate of drug-likeness (QED) is 0.856. The molecule has 0 bridgehead atoms. The smallest absolute Gasteiger partial charge is 0.385 e. The zero-order valence-corrected chi connectivity index (χ0v) is 10.9. The number of rotatable bonds is 4. The third kappa shape index (κ3) is 4.96. The van der Waals surface area contributed by atoms with Crippen molar-refractivity contribution in [3.05, 3.63) is 29.8 Å². The monoisotopic (exact) mass is 263 g/mol. The Balaban J connectivity index is 0.00000137. The number of aliphatic hydroxyl groups excluding tert-OH is 1. The van der Waals surface area contributed by atoms with Gasteiger partial charge in [-0.15, -0.1) is 0 Å². The number of halogens is 3. The highest BCUT2D eigenvalue weighted by Gasteiger charge is 2.40. The van der Waals surface area contributed by atoms with E-state index in [-0.39, 0.29) is 5.56 Å². The van der Waals surface area contributed by atoms with Crippen LogP contribution < -0.4 is 5.32 Å². The van der Waals surface area contributed by atoms with E-state index in [4.69, 9.17) is 0 Å². The van der Waals surface area contributed by atoms with Crippen LogP contribution >= 0.6 is 0 Å². The number of hydrogen-bond acceptors (Lipinski definition) is 2. The number of nitrogens with one attached hydrogen (secondary N) is 1. The van der Waals surface area contributed by atoms with Crippen LogP contribution in [0, 0.1) is 0 Å². The molecule has 5 heteroatoms. The van der Waals surface area contributed by atoms with Gasteiger partial charge in [0.1, 0.15) is 0 Å². The lowest BCUT2D eigenvalue weighted by Crippen LogP contribution is -2.21.